The third-order valence-electron chi connectivity index (χ3n) is 3.08. The van der Waals surface area contributed by atoms with Crippen LogP contribution in [0.15, 0.2) is 18.2 Å². The van der Waals surface area contributed by atoms with Crippen molar-refractivity contribution < 1.29 is 19.4 Å². The van der Waals surface area contributed by atoms with E-state index in [-0.39, 0.29) is 12.5 Å². The average Bonchev–Trinajstić information content (AvgIpc) is 2.84. The molecule has 1 aromatic rings. The zero-order valence-electron chi connectivity index (χ0n) is 10.9. The van der Waals surface area contributed by atoms with Crippen LogP contribution in [-0.2, 0) is 22.7 Å². The van der Waals surface area contributed by atoms with Gasteiger partial charge in [-0.05, 0) is 29.7 Å². The number of aliphatic carboxylic acids is 1. The fourth-order valence-corrected chi connectivity index (χ4v) is 2.17. The molecule has 1 aliphatic heterocycles. The fraction of sp³-hybridized carbons (Fsp3) is 0.429. The SMILES string of the molecule is CCCN(CC(=O)O)C(=O)c1ccc2c(c1)COC2. The Morgan fingerprint density at radius 3 is 2.74 bits per heavy atom. The monoisotopic (exact) mass is 263 g/mol. The van der Waals surface area contributed by atoms with Gasteiger partial charge in [-0.1, -0.05) is 13.0 Å². The minimum Gasteiger partial charge on any atom is -0.480 e. The summed E-state index contributed by atoms with van der Waals surface area (Å²) in [4.78, 5) is 24.4. The summed E-state index contributed by atoms with van der Waals surface area (Å²) in [6.45, 7) is 3.19. The van der Waals surface area contributed by atoms with Gasteiger partial charge in [-0.2, -0.15) is 0 Å². The number of carboxylic acid groups (broad SMARTS) is 1. The molecule has 0 aliphatic carbocycles. The van der Waals surface area contributed by atoms with Crippen molar-refractivity contribution in [2.24, 2.45) is 0 Å². The lowest BCUT2D eigenvalue weighted by Gasteiger charge is -2.20. The van der Waals surface area contributed by atoms with Gasteiger partial charge in [-0.3, -0.25) is 9.59 Å². The minimum atomic E-state index is -0.994. The van der Waals surface area contributed by atoms with Crippen molar-refractivity contribution in [3.05, 3.63) is 34.9 Å². The molecule has 0 bridgehead atoms. The molecule has 0 atom stereocenters. The van der Waals surface area contributed by atoms with Crippen LogP contribution in [0.1, 0.15) is 34.8 Å². The number of carboxylic acids is 1. The standard InChI is InChI=1S/C14H17NO4/c1-2-5-15(7-13(16)17)14(18)10-3-4-11-8-19-9-12(11)6-10/h3-4,6H,2,5,7-9H2,1H3,(H,16,17). The number of rotatable bonds is 5. The Bertz CT molecular complexity index is 498. The molecule has 0 saturated carbocycles. The van der Waals surface area contributed by atoms with Crippen LogP contribution in [0.4, 0.5) is 0 Å². The van der Waals surface area contributed by atoms with Crippen LogP contribution < -0.4 is 0 Å². The molecule has 1 aliphatic rings. The van der Waals surface area contributed by atoms with E-state index in [2.05, 4.69) is 0 Å². The van der Waals surface area contributed by atoms with Gasteiger partial charge in [0, 0.05) is 12.1 Å². The van der Waals surface area contributed by atoms with E-state index in [1.165, 1.54) is 4.90 Å². The van der Waals surface area contributed by atoms with Crippen molar-refractivity contribution in [3.63, 3.8) is 0 Å². The van der Waals surface area contributed by atoms with Gasteiger partial charge in [-0.15, -0.1) is 0 Å². The number of amides is 1. The molecule has 1 N–H and O–H groups in total. The summed E-state index contributed by atoms with van der Waals surface area (Å²) in [6.07, 6.45) is 0.729. The van der Waals surface area contributed by atoms with Gasteiger partial charge >= 0.3 is 5.97 Å². The van der Waals surface area contributed by atoms with Crippen molar-refractivity contribution in [2.75, 3.05) is 13.1 Å². The topological polar surface area (TPSA) is 66.8 Å². The van der Waals surface area contributed by atoms with E-state index in [0.29, 0.717) is 25.3 Å². The molecule has 0 unspecified atom stereocenters. The maximum absolute atomic E-state index is 12.3. The highest BCUT2D eigenvalue weighted by atomic mass is 16.5. The summed E-state index contributed by atoms with van der Waals surface area (Å²) in [7, 11) is 0. The molecule has 5 nitrogen and oxygen atoms in total. The van der Waals surface area contributed by atoms with Crippen LogP contribution in [0.2, 0.25) is 0 Å². The average molecular weight is 263 g/mol. The highest BCUT2D eigenvalue weighted by molar-refractivity contribution is 5.96. The van der Waals surface area contributed by atoms with E-state index in [0.717, 1.165) is 17.5 Å². The highest BCUT2D eigenvalue weighted by Crippen LogP contribution is 2.21. The lowest BCUT2D eigenvalue weighted by molar-refractivity contribution is -0.137. The third-order valence-corrected chi connectivity index (χ3v) is 3.08. The smallest absolute Gasteiger partial charge is 0.323 e. The summed E-state index contributed by atoms with van der Waals surface area (Å²) in [5.74, 6) is -1.23. The largest absolute Gasteiger partial charge is 0.480 e. The number of hydrogen-bond acceptors (Lipinski definition) is 3. The second-order valence-electron chi connectivity index (χ2n) is 4.60. The first-order chi connectivity index (χ1) is 9.11. The molecular formula is C14H17NO4. The maximum Gasteiger partial charge on any atom is 0.323 e. The Labute approximate surface area is 111 Å². The predicted molar refractivity (Wildman–Crippen MR) is 68.8 cm³/mol. The zero-order chi connectivity index (χ0) is 13.8. The van der Waals surface area contributed by atoms with E-state index >= 15 is 0 Å². The summed E-state index contributed by atoms with van der Waals surface area (Å²) in [6, 6.07) is 5.41. The molecular weight excluding hydrogens is 246 g/mol. The van der Waals surface area contributed by atoms with Crippen molar-refractivity contribution in [1.29, 1.82) is 0 Å². The van der Waals surface area contributed by atoms with Crippen LogP contribution in [0.5, 0.6) is 0 Å². The van der Waals surface area contributed by atoms with E-state index < -0.39 is 5.97 Å². The fourth-order valence-electron chi connectivity index (χ4n) is 2.17. The number of carbonyl (C=O) groups is 2. The summed E-state index contributed by atoms with van der Waals surface area (Å²) in [5.41, 5.74) is 2.63. The highest BCUT2D eigenvalue weighted by Gasteiger charge is 2.20. The molecule has 1 aromatic carbocycles. The Kier molecular flexibility index (Phi) is 4.16. The van der Waals surface area contributed by atoms with Gasteiger partial charge in [0.1, 0.15) is 6.54 Å². The molecule has 1 amide bonds. The Hall–Kier alpha value is -1.88. The molecule has 1 heterocycles. The zero-order valence-corrected chi connectivity index (χ0v) is 10.9. The molecule has 0 spiro atoms. The van der Waals surface area contributed by atoms with Gasteiger partial charge in [0.25, 0.3) is 5.91 Å². The van der Waals surface area contributed by atoms with Crippen LogP contribution in [-0.4, -0.2) is 35.0 Å². The van der Waals surface area contributed by atoms with E-state index in [1.54, 1.807) is 12.1 Å². The number of carbonyl (C=O) groups excluding carboxylic acids is 1. The summed E-state index contributed by atoms with van der Waals surface area (Å²) in [5, 5.41) is 8.85. The summed E-state index contributed by atoms with van der Waals surface area (Å²) >= 11 is 0. The van der Waals surface area contributed by atoms with Crippen molar-refractivity contribution >= 4 is 11.9 Å². The van der Waals surface area contributed by atoms with E-state index in [9.17, 15) is 9.59 Å². The maximum atomic E-state index is 12.3. The first kappa shape index (κ1) is 13.5. The molecule has 0 radical (unpaired) electrons. The molecule has 19 heavy (non-hydrogen) atoms. The Balaban J connectivity index is 2.18. The van der Waals surface area contributed by atoms with Crippen LogP contribution in [0, 0.1) is 0 Å². The van der Waals surface area contributed by atoms with Gasteiger partial charge in [-0.25, -0.2) is 0 Å². The van der Waals surface area contributed by atoms with Crippen molar-refractivity contribution in [2.45, 2.75) is 26.6 Å². The third kappa shape index (κ3) is 3.12. The van der Waals surface area contributed by atoms with Crippen molar-refractivity contribution in [1.82, 2.24) is 4.90 Å². The van der Waals surface area contributed by atoms with E-state index in [4.69, 9.17) is 9.84 Å². The number of benzene rings is 1. The van der Waals surface area contributed by atoms with Crippen LogP contribution >= 0.6 is 0 Å². The Morgan fingerprint density at radius 2 is 2.05 bits per heavy atom. The predicted octanol–water partition coefficient (Wildman–Crippen LogP) is 1.65. The quantitative estimate of drug-likeness (QED) is 0.877. The number of ether oxygens (including phenoxy) is 1. The van der Waals surface area contributed by atoms with Crippen LogP contribution in [0.3, 0.4) is 0 Å². The number of nitrogens with zero attached hydrogens (tertiary/aromatic N) is 1. The number of hydrogen-bond donors (Lipinski definition) is 1. The normalized spacial score (nSPS) is 13.1. The van der Waals surface area contributed by atoms with Gasteiger partial charge in [0.15, 0.2) is 0 Å². The minimum absolute atomic E-state index is 0.237. The molecule has 2 rings (SSSR count). The lowest BCUT2D eigenvalue weighted by Crippen LogP contribution is -2.36. The molecule has 102 valence electrons. The summed E-state index contributed by atoms with van der Waals surface area (Å²) < 4.78 is 5.30. The first-order valence-corrected chi connectivity index (χ1v) is 6.32. The first-order valence-electron chi connectivity index (χ1n) is 6.32. The molecule has 0 saturated heterocycles. The van der Waals surface area contributed by atoms with Gasteiger partial charge in [0.2, 0.25) is 0 Å². The number of fused-ring (bicyclic) bond motifs is 1. The Morgan fingerprint density at radius 1 is 1.32 bits per heavy atom. The van der Waals surface area contributed by atoms with E-state index in [1.807, 2.05) is 13.0 Å². The van der Waals surface area contributed by atoms with Gasteiger partial charge < -0.3 is 14.7 Å². The second-order valence-corrected chi connectivity index (χ2v) is 4.60. The molecule has 0 aromatic heterocycles. The van der Waals surface area contributed by atoms with Crippen molar-refractivity contribution in [3.8, 4) is 0 Å². The molecule has 5 heteroatoms. The molecule has 0 fully saturated rings. The lowest BCUT2D eigenvalue weighted by atomic mass is 10.1. The van der Waals surface area contributed by atoms with Gasteiger partial charge in [0.05, 0.1) is 13.2 Å². The van der Waals surface area contributed by atoms with Crippen LogP contribution in [0.25, 0.3) is 0 Å². The second kappa shape index (κ2) is 5.84.